The Kier molecular flexibility index (Phi) is 4.59. The van der Waals surface area contributed by atoms with Crippen molar-refractivity contribution in [2.24, 2.45) is 0 Å². The van der Waals surface area contributed by atoms with E-state index in [1.165, 1.54) is 0 Å². The quantitative estimate of drug-likeness (QED) is 0.877. The maximum absolute atomic E-state index is 13.2. The third-order valence-corrected chi connectivity index (χ3v) is 5.13. The number of aryl methyl sites for hydroxylation is 2. The molecule has 3 heterocycles. The number of H-pyrrole nitrogens is 1. The molecular formula is C20H23N3O4. The summed E-state index contributed by atoms with van der Waals surface area (Å²) in [5.41, 5.74) is 2.11. The zero-order valence-corrected chi connectivity index (χ0v) is 15.6. The van der Waals surface area contributed by atoms with Gasteiger partial charge < -0.3 is 19.4 Å². The summed E-state index contributed by atoms with van der Waals surface area (Å²) in [4.78, 5) is 33.9. The van der Waals surface area contributed by atoms with Crippen molar-refractivity contribution in [2.45, 2.75) is 32.6 Å². The van der Waals surface area contributed by atoms with Crippen molar-refractivity contribution in [2.75, 3.05) is 26.3 Å². The van der Waals surface area contributed by atoms with Gasteiger partial charge >= 0.3 is 0 Å². The van der Waals surface area contributed by atoms with Crippen LogP contribution < -0.4 is 15.0 Å². The number of ether oxygens (including phenoxy) is 2. The lowest BCUT2D eigenvalue weighted by atomic mass is 9.93. The Morgan fingerprint density at radius 3 is 2.67 bits per heavy atom. The van der Waals surface area contributed by atoms with Crippen LogP contribution in [0.1, 0.15) is 46.2 Å². The van der Waals surface area contributed by atoms with Crippen LogP contribution in [0.4, 0.5) is 0 Å². The molecule has 2 aromatic rings. The van der Waals surface area contributed by atoms with E-state index >= 15 is 0 Å². The molecule has 4 rings (SSSR count). The number of piperidine rings is 1. The first-order valence-electron chi connectivity index (χ1n) is 9.28. The maximum Gasteiger partial charge on any atom is 0.254 e. The minimum Gasteiger partial charge on any atom is -0.486 e. The molecule has 2 aliphatic rings. The van der Waals surface area contributed by atoms with Gasteiger partial charge in [-0.3, -0.25) is 9.59 Å². The lowest BCUT2D eigenvalue weighted by Crippen LogP contribution is -2.40. The Bertz CT molecular complexity index is 937. The molecular weight excluding hydrogens is 346 g/mol. The molecule has 0 radical (unpaired) electrons. The molecule has 7 nitrogen and oxygen atoms in total. The summed E-state index contributed by atoms with van der Waals surface area (Å²) in [7, 11) is 0. The van der Waals surface area contributed by atoms with Crippen LogP contribution in [0.5, 0.6) is 11.5 Å². The van der Waals surface area contributed by atoms with E-state index in [9.17, 15) is 9.59 Å². The van der Waals surface area contributed by atoms with Crippen molar-refractivity contribution < 1.29 is 14.3 Å². The number of benzene rings is 1. The van der Waals surface area contributed by atoms with E-state index in [1.54, 1.807) is 19.1 Å². The number of fused-ring (bicyclic) bond motifs is 1. The van der Waals surface area contributed by atoms with Gasteiger partial charge in [0.2, 0.25) is 0 Å². The van der Waals surface area contributed by atoms with Crippen molar-refractivity contribution in [1.82, 2.24) is 14.9 Å². The standard InChI is InChI=1S/C20H23N3O4/c1-12-8-17-18(27-7-6-26-17)9-15(12)20(25)23-5-3-4-14(11-23)16-10-19(24)22-13(2)21-16/h8-10,14H,3-7,11H2,1-2H3,(H,21,22,24)/t14-/m0/s1. The minimum atomic E-state index is -0.149. The number of aromatic nitrogens is 2. The van der Waals surface area contributed by atoms with Gasteiger partial charge in [0.05, 0.1) is 5.69 Å². The highest BCUT2D eigenvalue weighted by Gasteiger charge is 2.28. The van der Waals surface area contributed by atoms with Gasteiger partial charge in [-0.1, -0.05) is 0 Å². The highest BCUT2D eigenvalue weighted by atomic mass is 16.6. The smallest absolute Gasteiger partial charge is 0.254 e. The molecule has 1 aromatic heterocycles. The monoisotopic (exact) mass is 369 g/mol. The van der Waals surface area contributed by atoms with Crippen molar-refractivity contribution >= 4 is 5.91 Å². The van der Waals surface area contributed by atoms with E-state index in [1.807, 2.05) is 17.9 Å². The number of hydrogen-bond donors (Lipinski definition) is 1. The van der Waals surface area contributed by atoms with Crippen LogP contribution in [0.15, 0.2) is 23.0 Å². The molecule has 0 bridgehead atoms. The Balaban J connectivity index is 1.58. The second kappa shape index (κ2) is 7.06. The number of amides is 1. The minimum absolute atomic E-state index is 0.0178. The van der Waals surface area contributed by atoms with Gasteiger partial charge in [0, 0.05) is 30.6 Å². The van der Waals surface area contributed by atoms with Crippen LogP contribution >= 0.6 is 0 Å². The Labute approximate surface area is 157 Å². The van der Waals surface area contributed by atoms with E-state index in [2.05, 4.69) is 9.97 Å². The van der Waals surface area contributed by atoms with Gasteiger partial charge in [-0.25, -0.2) is 4.98 Å². The van der Waals surface area contributed by atoms with Gasteiger partial charge in [0.1, 0.15) is 19.0 Å². The molecule has 0 spiro atoms. The zero-order valence-electron chi connectivity index (χ0n) is 15.6. The molecule has 0 aliphatic carbocycles. The van der Waals surface area contributed by atoms with Gasteiger partial charge in [-0.15, -0.1) is 0 Å². The third-order valence-electron chi connectivity index (χ3n) is 5.13. The summed E-state index contributed by atoms with van der Waals surface area (Å²) in [6.45, 7) is 5.96. The molecule has 27 heavy (non-hydrogen) atoms. The van der Waals surface area contributed by atoms with Crippen molar-refractivity contribution in [3.05, 3.63) is 51.2 Å². The average molecular weight is 369 g/mol. The summed E-state index contributed by atoms with van der Waals surface area (Å²) >= 11 is 0. The second-order valence-corrected chi connectivity index (χ2v) is 7.16. The lowest BCUT2D eigenvalue weighted by molar-refractivity contribution is 0.0704. The van der Waals surface area contributed by atoms with Gasteiger partial charge in [-0.2, -0.15) is 0 Å². The summed E-state index contributed by atoms with van der Waals surface area (Å²) in [6.07, 6.45) is 1.80. The van der Waals surface area contributed by atoms with Crippen LogP contribution in [0.3, 0.4) is 0 Å². The lowest BCUT2D eigenvalue weighted by Gasteiger charge is -2.33. The third kappa shape index (κ3) is 3.54. The fourth-order valence-corrected chi connectivity index (χ4v) is 3.81. The molecule has 7 heteroatoms. The van der Waals surface area contributed by atoms with Gasteiger partial charge in [0.25, 0.3) is 11.5 Å². The fourth-order valence-electron chi connectivity index (χ4n) is 3.81. The number of carbonyl (C=O) groups excluding carboxylic acids is 1. The molecule has 142 valence electrons. The SMILES string of the molecule is Cc1nc([C@H]2CCCN(C(=O)c3cc4c(cc3C)OCCO4)C2)cc(=O)[nH]1. The summed E-state index contributed by atoms with van der Waals surface area (Å²) in [5.74, 6) is 1.96. The predicted molar refractivity (Wildman–Crippen MR) is 99.6 cm³/mol. The van der Waals surface area contributed by atoms with Gasteiger partial charge in [0.15, 0.2) is 11.5 Å². The number of nitrogens with one attached hydrogen (secondary N) is 1. The fraction of sp³-hybridized carbons (Fsp3) is 0.450. The van der Waals surface area contributed by atoms with Crippen molar-refractivity contribution in [3.8, 4) is 11.5 Å². The molecule has 1 atom stereocenters. The van der Waals surface area contributed by atoms with Crippen LogP contribution in [-0.4, -0.2) is 47.1 Å². The van der Waals surface area contributed by atoms with Crippen LogP contribution in [0.25, 0.3) is 0 Å². The second-order valence-electron chi connectivity index (χ2n) is 7.16. The summed E-state index contributed by atoms with van der Waals surface area (Å²) < 4.78 is 11.2. The number of carbonyl (C=O) groups is 1. The van der Waals surface area contributed by atoms with E-state index in [4.69, 9.17) is 9.47 Å². The molecule has 0 unspecified atom stereocenters. The maximum atomic E-state index is 13.2. The predicted octanol–water partition coefficient (Wildman–Crippen LogP) is 2.18. The van der Waals surface area contributed by atoms with Crippen LogP contribution in [0, 0.1) is 13.8 Å². The first kappa shape index (κ1) is 17.6. The normalized spacial score (nSPS) is 19.0. The first-order chi connectivity index (χ1) is 13.0. The van der Waals surface area contributed by atoms with E-state index in [0.717, 1.165) is 24.1 Å². The van der Waals surface area contributed by atoms with E-state index in [-0.39, 0.29) is 17.4 Å². The Hall–Kier alpha value is -2.83. The number of likely N-dealkylation sites (tertiary alicyclic amines) is 1. The zero-order chi connectivity index (χ0) is 19.0. The largest absolute Gasteiger partial charge is 0.486 e. The van der Waals surface area contributed by atoms with Crippen molar-refractivity contribution in [3.63, 3.8) is 0 Å². The van der Waals surface area contributed by atoms with Crippen LogP contribution in [-0.2, 0) is 0 Å². The van der Waals surface area contributed by atoms with Crippen molar-refractivity contribution in [1.29, 1.82) is 0 Å². The number of nitrogens with zero attached hydrogens (tertiary/aromatic N) is 2. The average Bonchev–Trinajstić information content (AvgIpc) is 2.66. The Morgan fingerprint density at radius 1 is 1.19 bits per heavy atom. The molecule has 1 N–H and O–H groups in total. The molecule has 1 fully saturated rings. The highest BCUT2D eigenvalue weighted by Crippen LogP contribution is 2.34. The highest BCUT2D eigenvalue weighted by molar-refractivity contribution is 5.96. The molecule has 2 aliphatic heterocycles. The molecule has 1 saturated heterocycles. The summed E-state index contributed by atoms with van der Waals surface area (Å²) in [6, 6.07) is 5.19. The van der Waals surface area contributed by atoms with E-state index < -0.39 is 0 Å². The topological polar surface area (TPSA) is 84.5 Å². The number of rotatable bonds is 2. The molecule has 1 amide bonds. The Morgan fingerprint density at radius 2 is 1.93 bits per heavy atom. The van der Waals surface area contributed by atoms with Gasteiger partial charge in [-0.05, 0) is 44.4 Å². The first-order valence-corrected chi connectivity index (χ1v) is 9.28. The number of aromatic amines is 1. The molecule has 1 aromatic carbocycles. The number of hydrogen-bond acceptors (Lipinski definition) is 5. The molecule has 0 saturated carbocycles. The summed E-state index contributed by atoms with van der Waals surface area (Å²) in [5, 5.41) is 0. The van der Waals surface area contributed by atoms with Crippen LogP contribution in [0.2, 0.25) is 0 Å². The van der Waals surface area contributed by atoms with E-state index in [0.29, 0.717) is 49.2 Å².